The van der Waals surface area contributed by atoms with Crippen molar-refractivity contribution in [1.29, 1.82) is 0 Å². The van der Waals surface area contributed by atoms with Crippen molar-refractivity contribution in [3.05, 3.63) is 28.4 Å². The Bertz CT molecular complexity index is 576. The highest BCUT2D eigenvalue weighted by atomic mass is 35.5. The Labute approximate surface area is 105 Å². The second-order valence-electron chi connectivity index (χ2n) is 4.51. The van der Waals surface area contributed by atoms with Crippen molar-refractivity contribution in [2.24, 2.45) is 0 Å². The quantitative estimate of drug-likeness (QED) is 0.860. The number of aromatic amines is 1. The van der Waals surface area contributed by atoms with E-state index in [1.54, 1.807) is 7.11 Å². The van der Waals surface area contributed by atoms with E-state index in [1.165, 1.54) is 16.6 Å². The lowest BCUT2D eigenvalue weighted by Crippen LogP contribution is -2.25. The molecule has 3 nitrogen and oxygen atoms in total. The number of benzene rings is 1. The van der Waals surface area contributed by atoms with E-state index in [-0.39, 0.29) is 0 Å². The van der Waals surface area contributed by atoms with Crippen LogP contribution in [0.2, 0.25) is 5.02 Å². The Morgan fingerprint density at radius 1 is 1.41 bits per heavy atom. The molecule has 0 aliphatic heterocycles. The molecule has 1 aromatic carbocycles. The molecule has 90 valence electrons. The maximum absolute atomic E-state index is 6.12. The number of nitrogens with one attached hydrogen (secondary N) is 2. The summed E-state index contributed by atoms with van der Waals surface area (Å²) in [6, 6.07) is 4.52. The number of hydrogen-bond donors (Lipinski definition) is 2. The van der Waals surface area contributed by atoms with Crippen molar-refractivity contribution in [3.63, 3.8) is 0 Å². The molecular formula is C13H15ClN2O. The molecule has 0 radical (unpaired) electrons. The zero-order chi connectivity index (χ0) is 12.0. The number of hydrogen-bond acceptors (Lipinski definition) is 2. The van der Waals surface area contributed by atoms with Gasteiger partial charge in [0.2, 0.25) is 0 Å². The number of fused-ring (bicyclic) bond motifs is 3. The summed E-state index contributed by atoms with van der Waals surface area (Å²) in [6.45, 7) is 0. The zero-order valence-electron chi connectivity index (χ0n) is 9.93. The lowest BCUT2D eigenvalue weighted by Gasteiger charge is -2.07. The topological polar surface area (TPSA) is 37.0 Å². The average Bonchev–Trinajstić information content (AvgIpc) is 2.84. The van der Waals surface area contributed by atoms with E-state index in [0.717, 1.165) is 24.1 Å². The SMILES string of the molecule is CNC1Cc2[nH]c3cc(Cl)c(OC)cc3c2C1. The van der Waals surface area contributed by atoms with Gasteiger partial charge in [0.1, 0.15) is 5.75 Å². The minimum atomic E-state index is 0.544. The van der Waals surface area contributed by atoms with E-state index in [2.05, 4.69) is 10.3 Å². The lowest BCUT2D eigenvalue weighted by atomic mass is 10.1. The fourth-order valence-electron chi connectivity index (χ4n) is 2.64. The van der Waals surface area contributed by atoms with E-state index in [9.17, 15) is 0 Å². The average molecular weight is 251 g/mol. The fraction of sp³-hybridized carbons (Fsp3) is 0.385. The molecule has 0 fully saturated rings. The van der Waals surface area contributed by atoms with Crippen LogP contribution in [0.1, 0.15) is 11.3 Å². The molecule has 1 aliphatic carbocycles. The van der Waals surface area contributed by atoms with Crippen LogP contribution in [0.15, 0.2) is 12.1 Å². The summed E-state index contributed by atoms with van der Waals surface area (Å²) in [7, 11) is 3.66. The Balaban J connectivity index is 2.15. The van der Waals surface area contributed by atoms with Crippen molar-refractivity contribution in [1.82, 2.24) is 10.3 Å². The molecule has 1 unspecified atom stereocenters. The van der Waals surface area contributed by atoms with Gasteiger partial charge in [-0.25, -0.2) is 0 Å². The molecule has 2 N–H and O–H groups in total. The first-order valence-corrected chi connectivity index (χ1v) is 6.15. The van der Waals surface area contributed by atoms with Gasteiger partial charge in [0.25, 0.3) is 0 Å². The summed E-state index contributed by atoms with van der Waals surface area (Å²) in [5, 5.41) is 5.22. The number of halogens is 1. The van der Waals surface area contributed by atoms with Crippen LogP contribution in [0.25, 0.3) is 10.9 Å². The molecule has 0 spiro atoms. The molecular weight excluding hydrogens is 236 g/mol. The second-order valence-corrected chi connectivity index (χ2v) is 4.92. The fourth-order valence-corrected chi connectivity index (χ4v) is 2.88. The van der Waals surface area contributed by atoms with Gasteiger partial charge in [-0.2, -0.15) is 0 Å². The maximum atomic E-state index is 6.12. The predicted molar refractivity (Wildman–Crippen MR) is 70.1 cm³/mol. The van der Waals surface area contributed by atoms with Crippen LogP contribution < -0.4 is 10.1 Å². The standard InChI is InChI=1S/C13H15ClN2O/c1-15-7-3-8-9-5-13(17-2)10(14)6-12(9)16-11(8)4-7/h5-7,15-16H,3-4H2,1-2H3. The third-order valence-electron chi connectivity index (χ3n) is 3.58. The van der Waals surface area contributed by atoms with Crippen molar-refractivity contribution < 1.29 is 4.74 Å². The van der Waals surface area contributed by atoms with Gasteiger partial charge >= 0.3 is 0 Å². The number of rotatable bonds is 2. The Hall–Kier alpha value is -1.19. The molecule has 17 heavy (non-hydrogen) atoms. The monoisotopic (exact) mass is 250 g/mol. The van der Waals surface area contributed by atoms with Gasteiger partial charge in [0.05, 0.1) is 12.1 Å². The van der Waals surface area contributed by atoms with Crippen molar-refractivity contribution in [2.45, 2.75) is 18.9 Å². The highest BCUT2D eigenvalue weighted by Gasteiger charge is 2.24. The van der Waals surface area contributed by atoms with Crippen molar-refractivity contribution >= 4 is 22.5 Å². The third kappa shape index (κ3) is 1.61. The van der Waals surface area contributed by atoms with Crippen LogP contribution in [0.3, 0.4) is 0 Å². The normalized spacial score (nSPS) is 18.6. The highest BCUT2D eigenvalue weighted by Crippen LogP contribution is 2.36. The van der Waals surface area contributed by atoms with Crippen molar-refractivity contribution in [3.8, 4) is 5.75 Å². The Morgan fingerprint density at radius 2 is 2.24 bits per heavy atom. The zero-order valence-corrected chi connectivity index (χ0v) is 10.7. The van der Waals surface area contributed by atoms with Gasteiger partial charge in [-0.15, -0.1) is 0 Å². The molecule has 0 saturated heterocycles. The van der Waals surface area contributed by atoms with Gasteiger partial charge in [-0.05, 0) is 31.2 Å². The van der Waals surface area contributed by atoms with Gasteiger partial charge in [0, 0.05) is 29.1 Å². The number of likely N-dealkylation sites (N-methyl/N-ethyl adjacent to an activating group) is 1. The van der Waals surface area contributed by atoms with E-state index < -0.39 is 0 Å². The second kappa shape index (κ2) is 3.93. The van der Waals surface area contributed by atoms with Crippen LogP contribution >= 0.6 is 11.6 Å². The van der Waals surface area contributed by atoms with Gasteiger partial charge in [-0.1, -0.05) is 11.6 Å². The predicted octanol–water partition coefficient (Wildman–Crippen LogP) is 2.52. The summed E-state index contributed by atoms with van der Waals surface area (Å²) >= 11 is 6.12. The third-order valence-corrected chi connectivity index (χ3v) is 3.87. The number of methoxy groups -OCH3 is 1. The van der Waals surface area contributed by atoms with Crippen LogP contribution in [0.4, 0.5) is 0 Å². The first-order chi connectivity index (χ1) is 8.22. The Morgan fingerprint density at radius 3 is 2.94 bits per heavy atom. The first-order valence-electron chi connectivity index (χ1n) is 5.77. The summed E-state index contributed by atoms with van der Waals surface area (Å²) in [5.41, 5.74) is 3.83. The summed E-state index contributed by atoms with van der Waals surface area (Å²) in [5.74, 6) is 0.744. The van der Waals surface area contributed by atoms with E-state index in [4.69, 9.17) is 16.3 Å². The summed E-state index contributed by atoms with van der Waals surface area (Å²) in [6.07, 6.45) is 2.12. The van der Waals surface area contributed by atoms with E-state index in [0.29, 0.717) is 11.1 Å². The van der Waals surface area contributed by atoms with E-state index in [1.807, 2.05) is 19.2 Å². The lowest BCUT2D eigenvalue weighted by molar-refractivity contribution is 0.415. The maximum Gasteiger partial charge on any atom is 0.138 e. The summed E-state index contributed by atoms with van der Waals surface area (Å²) in [4.78, 5) is 3.45. The molecule has 1 aromatic heterocycles. The number of H-pyrrole nitrogens is 1. The minimum absolute atomic E-state index is 0.544. The molecule has 0 saturated carbocycles. The number of ether oxygens (including phenoxy) is 1. The molecule has 1 aliphatic rings. The van der Waals surface area contributed by atoms with Crippen LogP contribution in [0, 0.1) is 0 Å². The van der Waals surface area contributed by atoms with Crippen LogP contribution in [-0.4, -0.2) is 25.2 Å². The molecule has 0 bridgehead atoms. The van der Waals surface area contributed by atoms with Gasteiger partial charge in [-0.3, -0.25) is 0 Å². The van der Waals surface area contributed by atoms with Gasteiger partial charge in [0.15, 0.2) is 0 Å². The van der Waals surface area contributed by atoms with Gasteiger partial charge < -0.3 is 15.0 Å². The molecule has 0 amide bonds. The minimum Gasteiger partial charge on any atom is -0.495 e. The molecule has 1 atom stereocenters. The summed E-state index contributed by atoms with van der Waals surface area (Å²) < 4.78 is 5.27. The van der Waals surface area contributed by atoms with E-state index >= 15 is 0 Å². The van der Waals surface area contributed by atoms with Crippen LogP contribution in [0.5, 0.6) is 5.75 Å². The molecule has 3 rings (SSSR count). The largest absolute Gasteiger partial charge is 0.495 e. The molecule has 1 heterocycles. The number of aromatic nitrogens is 1. The van der Waals surface area contributed by atoms with Crippen LogP contribution in [-0.2, 0) is 12.8 Å². The van der Waals surface area contributed by atoms with Crippen molar-refractivity contribution in [2.75, 3.05) is 14.2 Å². The smallest absolute Gasteiger partial charge is 0.138 e. The molecule has 4 heteroatoms. The highest BCUT2D eigenvalue weighted by molar-refractivity contribution is 6.32. The first kappa shape index (κ1) is 10.9. The molecule has 2 aromatic rings. The Kier molecular flexibility index (Phi) is 2.53.